The first-order valence-corrected chi connectivity index (χ1v) is 3.67. The summed E-state index contributed by atoms with van der Waals surface area (Å²) < 4.78 is 0. The summed E-state index contributed by atoms with van der Waals surface area (Å²) >= 11 is 0. The van der Waals surface area contributed by atoms with Gasteiger partial charge in [0.15, 0.2) is 0 Å². The molecule has 0 atom stereocenters. The molecule has 3 heteroatoms. The van der Waals surface area contributed by atoms with Crippen molar-refractivity contribution in [2.75, 3.05) is 13.2 Å². The van der Waals surface area contributed by atoms with E-state index in [1.165, 1.54) is 0 Å². The first-order chi connectivity index (χ1) is 4.61. The normalized spacial score (nSPS) is 23.1. The van der Waals surface area contributed by atoms with E-state index in [0.29, 0.717) is 0 Å². The molecular weight excluding hydrogens is 130 g/mol. The second-order valence-corrected chi connectivity index (χ2v) is 3.45. The molecule has 0 radical (unpaired) electrons. The Morgan fingerprint density at radius 3 is 1.90 bits per heavy atom. The zero-order valence-electron chi connectivity index (χ0n) is 6.89. The van der Waals surface area contributed by atoms with Crippen molar-refractivity contribution in [2.24, 2.45) is 0 Å². The average Bonchev–Trinajstić information content (AvgIpc) is 1.88. The Labute approximate surface area is 61.8 Å². The Hall–Kier alpha value is -0.120. The minimum Gasteiger partial charge on any atom is -0.274 e. The third kappa shape index (κ3) is 1.94. The highest BCUT2D eigenvalue weighted by atomic mass is 17.0. The maximum atomic E-state index is 5.25. The fourth-order valence-electron chi connectivity index (χ4n) is 0.778. The Balaban J connectivity index is 2.39. The summed E-state index contributed by atoms with van der Waals surface area (Å²) in [4.78, 5) is 10.5. The van der Waals surface area contributed by atoms with Gasteiger partial charge in [-0.1, -0.05) is 5.23 Å². The molecule has 0 unspecified atom stereocenters. The van der Waals surface area contributed by atoms with Crippen molar-refractivity contribution in [3.63, 3.8) is 0 Å². The highest BCUT2D eigenvalue weighted by molar-refractivity contribution is 4.64. The van der Waals surface area contributed by atoms with Crippen LogP contribution in [-0.4, -0.2) is 24.0 Å². The molecule has 1 aliphatic rings. The van der Waals surface area contributed by atoms with E-state index in [4.69, 9.17) is 9.68 Å². The van der Waals surface area contributed by atoms with Crippen LogP contribution in [0.4, 0.5) is 0 Å². The van der Waals surface area contributed by atoms with Crippen molar-refractivity contribution in [1.82, 2.24) is 5.23 Å². The lowest BCUT2D eigenvalue weighted by molar-refractivity contribution is -0.426. The zero-order valence-corrected chi connectivity index (χ0v) is 6.89. The topological polar surface area (TPSA) is 21.7 Å². The van der Waals surface area contributed by atoms with Gasteiger partial charge in [-0.2, -0.15) is 0 Å². The van der Waals surface area contributed by atoms with Gasteiger partial charge in [-0.3, -0.25) is 9.68 Å². The van der Waals surface area contributed by atoms with Gasteiger partial charge in [0, 0.05) is 0 Å². The molecule has 1 fully saturated rings. The Bertz CT molecular complexity index is 103. The Morgan fingerprint density at radius 1 is 1.10 bits per heavy atom. The number of nitrogens with zero attached hydrogens (tertiary/aromatic N) is 1. The molecule has 0 spiro atoms. The summed E-state index contributed by atoms with van der Waals surface area (Å²) in [5.41, 5.74) is -0.0413. The second-order valence-electron chi connectivity index (χ2n) is 3.45. The lowest BCUT2D eigenvalue weighted by atomic mass is 10.1. The first kappa shape index (κ1) is 7.98. The fourth-order valence-corrected chi connectivity index (χ4v) is 0.778. The van der Waals surface area contributed by atoms with Crippen molar-refractivity contribution in [3.05, 3.63) is 0 Å². The summed E-state index contributed by atoms with van der Waals surface area (Å²) in [6.07, 6.45) is 0.993. The van der Waals surface area contributed by atoms with Crippen molar-refractivity contribution in [2.45, 2.75) is 32.7 Å². The second kappa shape index (κ2) is 2.86. The van der Waals surface area contributed by atoms with Crippen LogP contribution in [0.25, 0.3) is 0 Å². The van der Waals surface area contributed by atoms with E-state index in [1.54, 1.807) is 5.23 Å². The van der Waals surface area contributed by atoms with Crippen LogP contribution in [0.5, 0.6) is 0 Å². The zero-order chi connectivity index (χ0) is 7.61. The maximum Gasteiger partial charge on any atom is 0.0734 e. The third-order valence-corrected chi connectivity index (χ3v) is 1.25. The molecule has 0 aromatic carbocycles. The molecule has 0 amide bonds. The lowest BCUT2D eigenvalue weighted by Gasteiger charge is -2.35. The minimum absolute atomic E-state index is 0.0413. The van der Waals surface area contributed by atoms with Crippen LogP contribution in [-0.2, 0) is 9.68 Å². The van der Waals surface area contributed by atoms with Gasteiger partial charge < -0.3 is 0 Å². The van der Waals surface area contributed by atoms with Gasteiger partial charge in [0.05, 0.1) is 18.8 Å². The predicted octanol–water partition coefficient (Wildman–Crippen LogP) is 1.35. The number of hydrogen-bond donors (Lipinski definition) is 0. The molecule has 3 nitrogen and oxygen atoms in total. The largest absolute Gasteiger partial charge is 0.274 e. The summed E-state index contributed by atoms with van der Waals surface area (Å²) in [5.74, 6) is 0. The molecule has 0 aliphatic carbocycles. The lowest BCUT2D eigenvalue weighted by Crippen LogP contribution is -2.44. The van der Waals surface area contributed by atoms with Crippen LogP contribution in [0.2, 0.25) is 0 Å². The standard InChI is InChI=1S/C7H15NO2/c1-7(2,3)8-9-5-4-6-10-8/h4-6H2,1-3H3. The first-order valence-electron chi connectivity index (χ1n) is 3.67. The van der Waals surface area contributed by atoms with Crippen molar-refractivity contribution in [1.29, 1.82) is 0 Å². The SMILES string of the molecule is CC(C)(C)N1OCCCO1. The highest BCUT2D eigenvalue weighted by Crippen LogP contribution is 2.16. The molecule has 0 saturated carbocycles. The van der Waals surface area contributed by atoms with E-state index in [0.717, 1.165) is 19.6 Å². The van der Waals surface area contributed by atoms with E-state index >= 15 is 0 Å². The monoisotopic (exact) mass is 145 g/mol. The van der Waals surface area contributed by atoms with Gasteiger partial charge in [-0.25, -0.2) is 0 Å². The quantitative estimate of drug-likeness (QED) is 0.513. The van der Waals surface area contributed by atoms with Crippen molar-refractivity contribution >= 4 is 0 Å². The van der Waals surface area contributed by atoms with Gasteiger partial charge in [0.25, 0.3) is 0 Å². The smallest absolute Gasteiger partial charge is 0.0734 e. The number of rotatable bonds is 0. The maximum absolute atomic E-state index is 5.25. The van der Waals surface area contributed by atoms with E-state index in [-0.39, 0.29) is 5.54 Å². The summed E-state index contributed by atoms with van der Waals surface area (Å²) in [7, 11) is 0. The molecule has 0 aromatic heterocycles. The fraction of sp³-hybridized carbons (Fsp3) is 1.00. The summed E-state index contributed by atoms with van der Waals surface area (Å²) in [6, 6.07) is 0. The van der Waals surface area contributed by atoms with Crippen LogP contribution in [0.15, 0.2) is 0 Å². The van der Waals surface area contributed by atoms with E-state index in [1.807, 2.05) is 0 Å². The van der Waals surface area contributed by atoms with E-state index < -0.39 is 0 Å². The van der Waals surface area contributed by atoms with E-state index in [2.05, 4.69) is 20.8 Å². The van der Waals surface area contributed by atoms with Gasteiger partial charge in [0.1, 0.15) is 0 Å². The molecular formula is C7H15NO2. The highest BCUT2D eigenvalue weighted by Gasteiger charge is 2.25. The summed E-state index contributed by atoms with van der Waals surface area (Å²) in [6.45, 7) is 7.71. The number of hydrogen-bond acceptors (Lipinski definition) is 3. The molecule has 10 heavy (non-hydrogen) atoms. The van der Waals surface area contributed by atoms with Crippen LogP contribution in [0, 0.1) is 0 Å². The third-order valence-electron chi connectivity index (χ3n) is 1.25. The average molecular weight is 145 g/mol. The minimum atomic E-state index is -0.0413. The molecule has 0 bridgehead atoms. The van der Waals surface area contributed by atoms with Crippen LogP contribution < -0.4 is 0 Å². The molecule has 1 saturated heterocycles. The van der Waals surface area contributed by atoms with Crippen LogP contribution in [0.1, 0.15) is 27.2 Å². The Morgan fingerprint density at radius 2 is 1.60 bits per heavy atom. The van der Waals surface area contributed by atoms with Gasteiger partial charge in [-0.05, 0) is 27.2 Å². The van der Waals surface area contributed by atoms with E-state index in [9.17, 15) is 0 Å². The van der Waals surface area contributed by atoms with Gasteiger partial charge >= 0.3 is 0 Å². The van der Waals surface area contributed by atoms with Crippen LogP contribution >= 0.6 is 0 Å². The molecule has 1 heterocycles. The Kier molecular flexibility index (Phi) is 2.28. The van der Waals surface area contributed by atoms with Gasteiger partial charge in [-0.15, -0.1) is 0 Å². The molecule has 1 rings (SSSR count). The molecule has 0 N–H and O–H groups in total. The summed E-state index contributed by atoms with van der Waals surface area (Å²) in [5, 5.41) is 1.58. The molecule has 60 valence electrons. The number of hydroxylamine groups is 2. The van der Waals surface area contributed by atoms with Gasteiger partial charge in [0.2, 0.25) is 0 Å². The van der Waals surface area contributed by atoms with Crippen molar-refractivity contribution < 1.29 is 9.68 Å². The predicted molar refractivity (Wildman–Crippen MR) is 38.1 cm³/mol. The van der Waals surface area contributed by atoms with Crippen LogP contribution in [0.3, 0.4) is 0 Å². The molecule has 0 aromatic rings. The molecule has 1 aliphatic heterocycles. The van der Waals surface area contributed by atoms with Crippen molar-refractivity contribution in [3.8, 4) is 0 Å².